The van der Waals surface area contributed by atoms with E-state index in [4.69, 9.17) is 0 Å². The molecular weight excluding hydrogens is 435 g/mol. The van der Waals surface area contributed by atoms with Crippen LogP contribution in [0.4, 0.5) is 0 Å². The van der Waals surface area contributed by atoms with E-state index in [0.29, 0.717) is 18.9 Å². The van der Waals surface area contributed by atoms with Gasteiger partial charge in [-0.1, -0.05) is 13.0 Å². The van der Waals surface area contributed by atoms with Crippen LogP contribution >= 0.6 is 35.3 Å². The zero-order valence-electron chi connectivity index (χ0n) is 14.6. The summed E-state index contributed by atoms with van der Waals surface area (Å²) in [7, 11) is 1.76. The van der Waals surface area contributed by atoms with E-state index in [0.717, 1.165) is 38.4 Å². The van der Waals surface area contributed by atoms with E-state index in [2.05, 4.69) is 40.1 Å². The smallest absolute Gasteiger partial charge is 0.224 e. The average Bonchev–Trinajstić information content (AvgIpc) is 3.06. The van der Waals surface area contributed by atoms with E-state index in [1.807, 2.05) is 4.90 Å². The number of thiophene rings is 1. The van der Waals surface area contributed by atoms with Crippen LogP contribution in [-0.2, 0) is 11.2 Å². The zero-order chi connectivity index (χ0) is 16.5. The minimum absolute atomic E-state index is 0. The molecule has 2 N–H and O–H groups in total. The van der Waals surface area contributed by atoms with Gasteiger partial charge in [-0.3, -0.25) is 9.79 Å². The third-order valence-electron chi connectivity index (χ3n) is 4.11. The first-order valence-electron chi connectivity index (χ1n) is 8.43. The normalized spacial score (nSPS) is 18.0. The van der Waals surface area contributed by atoms with Gasteiger partial charge in [0.05, 0.1) is 0 Å². The van der Waals surface area contributed by atoms with Gasteiger partial charge in [0, 0.05) is 44.5 Å². The first-order chi connectivity index (χ1) is 11.2. The highest BCUT2D eigenvalue weighted by Crippen LogP contribution is 2.15. The fourth-order valence-electron chi connectivity index (χ4n) is 2.84. The summed E-state index contributed by atoms with van der Waals surface area (Å²) >= 11 is 1.77. The maximum absolute atomic E-state index is 12.2. The highest BCUT2D eigenvalue weighted by atomic mass is 127. The Labute approximate surface area is 166 Å². The third-order valence-corrected chi connectivity index (χ3v) is 5.04. The van der Waals surface area contributed by atoms with Crippen LogP contribution in [0.1, 0.15) is 31.1 Å². The lowest BCUT2D eigenvalue weighted by Crippen LogP contribution is -2.42. The molecule has 2 rings (SSSR count). The standard InChI is InChI=1S/C17H28N4OS.HI/c1-14-5-3-11-21(13-14)16(22)8-10-20-17(18-2)19-9-7-15-6-4-12-23-15;/h4,6,12,14H,3,5,7-11,13H2,1-2H3,(H2,18,19,20);1H. The quantitative estimate of drug-likeness (QED) is 0.387. The second kappa shape index (κ2) is 11.7. The van der Waals surface area contributed by atoms with Crippen LogP contribution in [0.25, 0.3) is 0 Å². The fourth-order valence-corrected chi connectivity index (χ4v) is 3.55. The number of guanidine groups is 1. The number of hydrogen-bond acceptors (Lipinski definition) is 3. The summed E-state index contributed by atoms with van der Waals surface area (Å²) in [5.41, 5.74) is 0. The number of amides is 1. The Kier molecular flexibility index (Phi) is 10.3. The Bertz CT molecular complexity index is 507. The Hall–Kier alpha value is -0.830. The fraction of sp³-hybridized carbons (Fsp3) is 0.647. The van der Waals surface area contributed by atoms with Crippen molar-refractivity contribution in [1.82, 2.24) is 15.5 Å². The second-order valence-corrected chi connectivity index (χ2v) is 7.12. The molecule has 2 heterocycles. The number of nitrogens with one attached hydrogen (secondary N) is 2. The highest BCUT2D eigenvalue weighted by Gasteiger charge is 2.20. The maximum atomic E-state index is 12.2. The van der Waals surface area contributed by atoms with Crippen molar-refractivity contribution in [2.24, 2.45) is 10.9 Å². The SMILES string of the molecule is CN=C(NCCC(=O)N1CCCC(C)C1)NCCc1cccs1.I. The first-order valence-corrected chi connectivity index (χ1v) is 9.31. The lowest BCUT2D eigenvalue weighted by molar-refractivity contribution is -0.132. The summed E-state index contributed by atoms with van der Waals surface area (Å²) in [5.74, 6) is 1.65. The molecule has 0 aromatic carbocycles. The Morgan fingerprint density at radius 2 is 2.21 bits per heavy atom. The van der Waals surface area contributed by atoms with E-state index in [1.165, 1.54) is 11.3 Å². The van der Waals surface area contributed by atoms with Crippen LogP contribution in [0.5, 0.6) is 0 Å². The van der Waals surface area contributed by atoms with E-state index in [9.17, 15) is 4.79 Å². The number of carbonyl (C=O) groups excluding carboxylic acids is 1. The number of carbonyl (C=O) groups is 1. The van der Waals surface area contributed by atoms with E-state index >= 15 is 0 Å². The highest BCUT2D eigenvalue weighted by molar-refractivity contribution is 14.0. The second-order valence-electron chi connectivity index (χ2n) is 6.09. The molecule has 0 radical (unpaired) electrons. The number of piperidine rings is 1. The van der Waals surface area contributed by atoms with Crippen molar-refractivity contribution < 1.29 is 4.79 Å². The number of nitrogens with zero attached hydrogens (tertiary/aromatic N) is 2. The average molecular weight is 464 g/mol. The van der Waals surface area contributed by atoms with Gasteiger partial charge in [-0.05, 0) is 36.6 Å². The molecule has 7 heteroatoms. The van der Waals surface area contributed by atoms with Gasteiger partial charge in [-0.2, -0.15) is 0 Å². The molecule has 1 amide bonds. The van der Waals surface area contributed by atoms with Crippen molar-refractivity contribution in [1.29, 1.82) is 0 Å². The summed E-state index contributed by atoms with van der Waals surface area (Å²) in [6.45, 7) is 5.51. The Balaban J connectivity index is 0.00000288. The molecule has 0 bridgehead atoms. The number of rotatable bonds is 6. The molecule has 0 saturated carbocycles. The molecule has 1 aliphatic heterocycles. The van der Waals surface area contributed by atoms with Crippen LogP contribution in [-0.4, -0.2) is 50.0 Å². The van der Waals surface area contributed by atoms with Crippen LogP contribution in [0.3, 0.4) is 0 Å². The molecule has 1 aromatic rings. The van der Waals surface area contributed by atoms with Gasteiger partial charge >= 0.3 is 0 Å². The molecule has 0 spiro atoms. The lowest BCUT2D eigenvalue weighted by atomic mass is 10.00. The number of likely N-dealkylation sites (tertiary alicyclic amines) is 1. The van der Waals surface area contributed by atoms with Gasteiger partial charge < -0.3 is 15.5 Å². The van der Waals surface area contributed by atoms with Crippen molar-refractivity contribution in [3.8, 4) is 0 Å². The molecule has 136 valence electrons. The molecule has 1 fully saturated rings. The first kappa shape index (κ1) is 21.2. The van der Waals surface area contributed by atoms with Crippen molar-refractivity contribution in [3.05, 3.63) is 22.4 Å². The molecule has 1 saturated heterocycles. The summed E-state index contributed by atoms with van der Waals surface area (Å²) in [6, 6.07) is 4.21. The van der Waals surface area contributed by atoms with Crippen molar-refractivity contribution >= 4 is 47.2 Å². The molecule has 1 atom stereocenters. The predicted octanol–water partition coefficient (Wildman–Crippen LogP) is 2.72. The summed E-state index contributed by atoms with van der Waals surface area (Å²) in [6.07, 6.45) is 3.89. The molecule has 1 aliphatic rings. The van der Waals surface area contributed by atoms with Crippen LogP contribution in [0, 0.1) is 5.92 Å². The summed E-state index contributed by atoms with van der Waals surface area (Å²) < 4.78 is 0. The van der Waals surface area contributed by atoms with Crippen LogP contribution < -0.4 is 10.6 Å². The van der Waals surface area contributed by atoms with Gasteiger partial charge in [-0.25, -0.2) is 0 Å². The van der Waals surface area contributed by atoms with Crippen molar-refractivity contribution in [2.45, 2.75) is 32.6 Å². The monoisotopic (exact) mass is 464 g/mol. The van der Waals surface area contributed by atoms with Gasteiger partial charge in [0.2, 0.25) is 5.91 Å². The summed E-state index contributed by atoms with van der Waals surface area (Å²) in [4.78, 5) is 19.8. The third kappa shape index (κ3) is 7.38. The van der Waals surface area contributed by atoms with Crippen molar-refractivity contribution in [2.75, 3.05) is 33.2 Å². The topological polar surface area (TPSA) is 56.7 Å². The predicted molar refractivity (Wildman–Crippen MR) is 112 cm³/mol. The molecular formula is C17H29IN4OS. The molecule has 24 heavy (non-hydrogen) atoms. The summed E-state index contributed by atoms with van der Waals surface area (Å²) in [5, 5.41) is 8.61. The van der Waals surface area contributed by atoms with Gasteiger partial charge in [-0.15, -0.1) is 35.3 Å². The minimum Gasteiger partial charge on any atom is -0.356 e. The Morgan fingerprint density at radius 3 is 2.88 bits per heavy atom. The molecule has 1 unspecified atom stereocenters. The lowest BCUT2D eigenvalue weighted by Gasteiger charge is -2.31. The zero-order valence-corrected chi connectivity index (χ0v) is 17.7. The molecule has 5 nitrogen and oxygen atoms in total. The van der Waals surface area contributed by atoms with Gasteiger partial charge in [0.25, 0.3) is 0 Å². The molecule has 1 aromatic heterocycles. The van der Waals surface area contributed by atoms with E-state index in [-0.39, 0.29) is 29.9 Å². The molecule has 0 aliphatic carbocycles. The van der Waals surface area contributed by atoms with Crippen LogP contribution in [0.2, 0.25) is 0 Å². The number of halogens is 1. The van der Waals surface area contributed by atoms with Gasteiger partial charge in [0.1, 0.15) is 0 Å². The number of hydrogen-bond donors (Lipinski definition) is 2. The van der Waals surface area contributed by atoms with E-state index < -0.39 is 0 Å². The number of aliphatic imine (C=N–C) groups is 1. The van der Waals surface area contributed by atoms with Crippen LogP contribution in [0.15, 0.2) is 22.5 Å². The maximum Gasteiger partial charge on any atom is 0.224 e. The largest absolute Gasteiger partial charge is 0.356 e. The minimum atomic E-state index is 0. The van der Waals surface area contributed by atoms with Crippen molar-refractivity contribution in [3.63, 3.8) is 0 Å². The van der Waals surface area contributed by atoms with Gasteiger partial charge in [0.15, 0.2) is 5.96 Å². The van der Waals surface area contributed by atoms with E-state index in [1.54, 1.807) is 18.4 Å². The Morgan fingerprint density at radius 1 is 1.42 bits per heavy atom.